The standard InChI is InChI=1S/C18H22IN3O4S/c1-18(2)16(21-17(25)26-9-8-19)22-14(24)13(15(22)27-18)20-12(23)10-11-6-4-3-5-7-11/h3-7,13,15-16H,8-10H2,1-2H3,(H,20,23)(H,21,25)/t13?,15-,16?/m1/s1. The summed E-state index contributed by atoms with van der Waals surface area (Å²) in [5.74, 6) is -0.367. The molecule has 2 saturated heterocycles. The number of hydrogen-bond donors (Lipinski definition) is 2. The second-order valence-corrected chi connectivity index (χ2v) is 9.79. The molecule has 2 aliphatic rings. The van der Waals surface area contributed by atoms with Crippen molar-refractivity contribution in [1.82, 2.24) is 15.5 Å². The second-order valence-electron chi connectivity index (χ2n) is 6.94. The van der Waals surface area contributed by atoms with E-state index in [4.69, 9.17) is 4.74 Å². The van der Waals surface area contributed by atoms with Gasteiger partial charge in [0.25, 0.3) is 5.91 Å². The predicted octanol–water partition coefficient (Wildman–Crippen LogP) is 1.89. The average Bonchev–Trinajstić information content (AvgIpc) is 2.86. The molecule has 0 aliphatic carbocycles. The highest BCUT2D eigenvalue weighted by Crippen LogP contribution is 2.49. The second kappa shape index (κ2) is 8.26. The number of carbonyl (C=O) groups is 3. The highest BCUT2D eigenvalue weighted by atomic mass is 127. The zero-order valence-corrected chi connectivity index (χ0v) is 18.1. The van der Waals surface area contributed by atoms with Gasteiger partial charge in [-0.2, -0.15) is 0 Å². The first-order valence-electron chi connectivity index (χ1n) is 8.66. The minimum absolute atomic E-state index is 0.182. The Morgan fingerprint density at radius 1 is 1.26 bits per heavy atom. The van der Waals surface area contributed by atoms with Crippen LogP contribution in [0.15, 0.2) is 30.3 Å². The van der Waals surface area contributed by atoms with Crippen LogP contribution in [0.5, 0.6) is 0 Å². The molecule has 0 radical (unpaired) electrons. The Hall–Kier alpha value is -1.49. The molecule has 0 spiro atoms. The fourth-order valence-corrected chi connectivity index (χ4v) is 5.07. The van der Waals surface area contributed by atoms with Gasteiger partial charge in [0, 0.05) is 4.43 Å². The van der Waals surface area contributed by atoms with E-state index in [-0.39, 0.29) is 28.4 Å². The van der Waals surface area contributed by atoms with Crippen molar-refractivity contribution >= 4 is 52.3 Å². The Morgan fingerprint density at radius 3 is 2.63 bits per heavy atom. The third-order valence-electron chi connectivity index (χ3n) is 4.53. The van der Waals surface area contributed by atoms with Crippen molar-refractivity contribution in [3.05, 3.63) is 35.9 Å². The van der Waals surface area contributed by atoms with Crippen LogP contribution < -0.4 is 10.6 Å². The maximum Gasteiger partial charge on any atom is 0.408 e. The van der Waals surface area contributed by atoms with Crippen molar-refractivity contribution in [2.45, 2.75) is 42.6 Å². The van der Waals surface area contributed by atoms with Gasteiger partial charge in [0.15, 0.2) is 0 Å². The van der Waals surface area contributed by atoms with E-state index in [0.29, 0.717) is 11.0 Å². The first-order chi connectivity index (χ1) is 12.8. The number of alkyl carbamates (subject to hydrolysis) is 1. The van der Waals surface area contributed by atoms with Gasteiger partial charge in [-0.3, -0.25) is 14.9 Å². The van der Waals surface area contributed by atoms with E-state index in [9.17, 15) is 14.4 Å². The summed E-state index contributed by atoms with van der Waals surface area (Å²) in [4.78, 5) is 38.5. The molecule has 0 saturated carbocycles. The number of fused-ring (bicyclic) bond motifs is 1. The van der Waals surface area contributed by atoms with Crippen molar-refractivity contribution < 1.29 is 19.1 Å². The molecule has 3 rings (SSSR count). The maximum atomic E-state index is 12.6. The number of nitrogens with one attached hydrogen (secondary N) is 2. The van der Waals surface area contributed by atoms with Crippen LogP contribution in [0.25, 0.3) is 0 Å². The fraction of sp³-hybridized carbons (Fsp3) is 0.500. The monoisotopic (exact) mass is 503 g/mol. The van der Waals surface area contributed by atoms with E-state index in [1.165, 1.54) is 0 Å². The van der Waals surface area contributed by atoms with Crippen LogP contribution in [-0.2, 0) is 20.7 Å². The average molecular weight is 503 g/mol. The molecule has 3 amide bonds. The highest BCUT2D eigenvalue weighted by molar-refractivity contribution is 14.1. The molecule has 1 aromatic carbocycles. The lowest BCUT2D eigenvalue weighted by Crippen LogP contribution is -2.72. The first kappa shape index (κ1) is 20.2. The van der Waals surface area contributed by atoms with E-state index < -0.39 is 18.3 Å². The Labute approximate surface area is 176 Å². The molecule has 0 aromatic heterocycles. The number of β-lactam (4-membered cyclic amide) rings is 1. The molecular weight excluding hydrogens is 481 g/mol. The van der Waals surface area contributed by atoms with E-state index in [2.05, 4.69) is 33.2 Å². The number of halogens is 1. The SMILES string of the molecule is CC1(C)S[C@@H]2C(NC(=O)Cc3ccccc3)C(=O)N2C1NC(=O)OCCI. The van der Waals surface area contributed by atoms with Gasteiger partial charge in [0.2, 0.25) is 5.91 Å². The lowest BCUT2D eigenvalue weighted by atomic mass is 10.0. The molecule has 2 N–H and O–H groups in total. The zero-order chi connectivity index (χ0) is 19.6. The molecule has 2 heterocycles. The van der Waals surface area contributed by atoms with Gasteiger partial charge in [-0.05, 0) is 19.4 Å². The maximum absolute atomic E-state index is 12.6. The molecule has 146 valence electrons. The Balaban J connectivity index is 1.60. The predicted molar refractivity (Wildman–Crippen MR) is 112 cm³/mol. The molecular formula is C18H22IN3O4S. The number of nitrogens with zero attached hydrogens (tertiary/aromatic N) is 1. The molecule has 3 atom stereocenters. The molecule has 2 aliphatic heterocycles. The van der Waals surface area contributed by atoms with Crippen LogP contribution >= 0.6 is 34.4 Å². The highest BCUT2D eigenvalue weighted by Gasteiger charge is 2.62. The summed E-state index contributed by atoms with van der Waals surface area (Å²) in [5, 5.41) is 5.43. The smallest absolute Gasteiger partial charge is 0.408 e. The fourth-order valence-electron chi connectivity index (χ4n) is 3.26. The van der Waals surface area contributed by atoms with Gasteiger partial charge in [-0.1, -0.05) is 52.9 Å². The Kier molecular flexibility index (Phi) is 6.19. The third kappa shape index (κ3) is 4.34. The summed E-state index contributed by atoms with van der Waals surface area (Å²) in [7, 11) is 0. The molecule has 2 fully saturated rings. The van der Waals surface area contributed by atoms with E-state index in [1.807, 2.05) is 44.2 Å². The number of rotatable bonds is 6. The van der Waals surface area contributed by atoms with E-state index >= 15 is 0 Å². The normalized spacial score (nSPS) is 25.4. The van der Waals surface area contributed by atoms with Crippen molar-refractivity contribution in [2.24, 2.45) is 0 Å². The number of amides is 3. The first-order valence-corrected chi connectivity index (χ1v) is 11.1. The summed E-state index contributed by atoms with van der Waals surface area (Å²) < 4.78 is 5.39. The lowest BCUT2D eigenvalue weighted by Gasteiger charge is -2.44. The summed E-state index contributed by atoms with van der Waals surface area (Å²) >= 11 is 3.69. The summed E-state index contributed by atoms with van der Waals surface area (Å²) in [6.45, 7) is 4.26. The van der Waals surface area contributed by atoms with Crippen LogP contribution in [-0.4, -0.2) is 56.2 Å². The number of hydrogen-bond acceptors (Lipinski definition) is 5. The third-order valence-corrected chi connectivity index (χ3v) is 6.54. The summed E-state index contributed by atoms with van der Waals surface area (Å²) in [5.41, 5.74) is 0.899. The summed E-state index contributed by atoms with van der Waals surface area (Å²) in [6, 6.07) is 8.84. The Bertz CT molecular complexity index is 731. The minimum Gasteiger partial charge on any atom is -0.449 e. The van der Waals surface area contributed by atoms with Gasteiger partial charge in [-0.25, -0.2) is 4.79 Å². The van der Waals surface area contributed by atoms with Crippen LogP contribution in [0.2, 0.25) is 0 Å². The number of ether oxygens (including phenoxy) is 1. The number of carbonyl (C=O) groups excluding carboxylic acids is 3. The molecule has 2 unspecified atom stereocenters. The van der Waals surface area contributed by atoms with Crippen LogP contribution in [0.1, 0.15) is 19.4 Å². The van der Waals surface area contributed by atoms with Crippen LogP contribution in [0.4, 0.5) is 4.79 Å². The van der Waals surface area contributed by atoms with Crippen LogP contribution in [0, 0.1) is 0 Å². The lowest BCUT2D eigenvalue weighted by molar-refractivity contribution is -0.151. The quantitative estimate of drug-likeness (QED) is 0.352. The Morgan fingerprint density at radius 2 is 1.96 bits per heavy atom. The topological polar surface area (TPSA) is 87.7 Å². The van der Waals surface area contributed by atoms with Gasteiger partial charge < -0.3 is 15.0 Å². The van der Waals surface area contributed by atoms with E-state index in [1.54, 1.807) is 16.7 Å². The van der Waals surface area contributed by atoms with Crippen molar-refractivity contribution in [3.63, 3.8) is 0 Å². The minimum atomic E-state index is -0.567. The molecule has 9 heteroatoms. The van der Waals surface area contributed by atoms with Gasteiger partial charge in [0.1, 0.15) is 24.2 Å². The molecule has 0 bridgehead atoms. The molecule has 1 aromatic rings. The zero-order valence-electron chi connectivity index (χ0n) is 15.1. The van der Waals surface area contributed by atoms with Gasteiger partial charge in [0.05, 0.1) is 11.2 Å². The van der Waals surface area contributed by atoms with E-state index in [0.717, 1.165) is 5.56 Å². The molecule has 27 heavy (non-hydrogen) atoms. The number of benzene rings is 1. The number of thioether (sulfide) groups is 1. The van der Waals surface area contributed by atoms with Crippen molar-refractivity contribution in [1.29, 1.82) is 0 Å². The molecule has 7 nitrogen and oxygen atoms in total. The summed E-state index contributed by atoms with van der Waals surface area (Å²) in [6.07, 6.45) is -0.769. The van der Waals surface area contributed by atoms with Gasteiger partial charge >= 0.3 is 6.09 Å². The largest absolute Gasteiger partial charge is 0.449 e. The van der Waals surface area contributed by atoms with Crippen molar-refractivity contribution in [3.8, 4) is 0 Å². The van der Waals surface area contributed by atoms with Crippen LogP contribution in [0.3, 0.4) is 0 Å². The number of alkyl halides is 1. The van der Waals surface area contributed by atoms with Gasteiger partial charge in [-0.15, -0.1) is 11.8 Å². The van der Waals surface area contributed by atoms with Crippen molar-refractivity contribution in [2.75, 3.05) is 11.0 Å².